The Bertz CT molecular complexity index is 708. The van der Waals surface area contributed by atoms with Crippen LogP contribution in [-0.2, 0) is 4.57 Å². The third kappa shape index (κ3) is 3.81. The molecule has 2 rings (SSSR count). The van der Waals surface area contributed by atoms with Gasteiger partial charge in [-0.15, -0.1) is 0 Å². The van der Waals surface area contributed by atoms with Gasteiger partial charge in [0, 0.05) is 16.5 Å². The summed E-state index contributed by atoms with van der Waals surface area (Å²) in [6.45, 7) is 12.1. The molecule has 0 fully saturated rings. The molecule has 2 aromatic rings. The first-order valence-electron chi connectivity index (χ1n) is 7.62. The lowest BCUT2D eigenvalue weighted by Crippen LogP contribution is -2.30. The molecule has 118 valence electrons. The average Bonchev–Trinajstić information content (AvgIpc) is 2.36. The lowest BCUT2D eigenvalue weighted by atomic mass is 9.99. The van der Waals surface area contributed by atoms with Crippen LogP contribution in [0.4, 0.5) is 5.69 Å². The van der Waals surface area contributed by atoms with Crippen molar-refractivity contribution in [3.63, 3.8) is 0 Å². The maximum Gasteiger partial charge on any atom is 0.112 e. The van der Waals surface area contributed by atoms with E-state index in [1.54, 1.807) is 0 Å². The van der Waals surface area contributed by atoms with Crippen molar-refractivity contribution in [2.45, 2.75) is 33.2 Å². The van der Waals surface area contributed by atoms with E-state index >= 15 is 0 Å². The van der Waals surface area contributed by atoms with Crippen LogP contribution in [-0.4, -0.2) is 18.9 Å². The minimum atomic E-state index is -2.39. The molecule has 22 heavy (non-hydrogen) atoms. The molecule has 0 saturated carbocycles. The fourth-order valence-electron chi connectivity index (χ4n) is 2.83. The second-order valence-electron chi connectivity index (χ2n) is 7.23. The van der Waals surface area contributed by atoms with E-state index in [1.807, 2.05) is 31.5 Å². The predicted octanol–water partition coefficient (Wildman–Crippen LogP) is 5.12. The van der Waals surface area contributed by atoms with Crippen LogP contribution in [0.3, 0.4) is 0 Å². The number of nitrogens with one attached hydrogen (secondary N) is 1. The smallest absolute Gasteiger partial charge is 0.112 e. The van der Waals surface area contributed by atoms with Crippen LogP contribution in [0.5, 0.6) is 0 Å². The second kappa shape index (κ2) is 5.93. The van der Waals surface area contributed by atoms with Crippen molar-refractivity contribution < 1.29 is 4.57 Å². The third-order valence-electron chi connectivity index (χ3n) is 3.56. The number of anilines is 1. The minimum absolute atomic E-state index is 0.0649. The molecular formula is C19H26NOP. The van der Waals surface area contributed by atoms with Gasteiger partial charge in [0.25, 0.3) is 0 Å². The fraction of sp³-hybridized carbons (Fsp3) is 0.368. The molecule has 0 heterocycles. The summed E-state index contributed by atoms with van der Waals surface area (Å²) < 4.78 is 12.9. The summed E-state index contributed by atoms with van der Waals surface area (Å²) in [5.74, 6) is 0. The topological polar surface area (TPSA) is 29.1 Å². The van der Waals surface area contributed by atoms with Crippen LogP contribution in [0.15, 0.2) is 42.5 Å². The normalized spacial score (nSPS) is 12.3. The molecular weight excluding hydrogens is 289 g/mol. The highest BCUT2D eigenvalue weighted by atomic mass is 31.2. The molecule has 0 unspecified atom stereocenters. The molecule has 2 nitrogen and oxygen atoms in total. The van der Waals surface area contributed by atoms with Crippen molar-refractivity contribution in [3.8, 4) is 11.1 Å². The molecule has 0 saturated heterocycles. The Kier molecular flexibility index (Phi) is 4.54. The second-order valence-corrected chi connectivity index (χ2v) is 10.4. The summed E-state index contributed by atoms with van der Waals surface area (Å²) in [7, 11) is -2.39. The molecule has 0 radical (unpaired) electrons. The average molecular weight is 315 g/mol. The van der Waals surface area contributed by atoms with Gasteiger partial charge in [-0.05, 0) is 63.8 Å². The molecule has 0 atom stereocenters. The van der Waals surface area contributed by atoms with Crippen LogP contribution < -0.4 is 10.6 Å². The van der Waals surface area contributed by atoms with Gasteiger partial charge in [-0.25, -0.2) is 0 Å². The van der Waals surface area contributed by atoms with Gasteiger partial charge in [0.05, 0.1) is 0 Å². The first kappa shape index (κ1) is 16.8. The molecule has 0 bridgehead atoms. The van der Waals surface area contributed by atoms with E-state index in [0.717, 1.165) is 27.7 Å². The zero-order chi connectivity index (χ0) is 16.5. The Balaban J connectivity index is 2.66. The standard InChI is InChI=1S/C19H26NOP/c1-14-16(15-10-8-7-9-11-15)12-13-17(20-19(2,3)4)18(14)22(5,6)21/h7-13,20H,1-6H3. The quantitative estimate of drug-likeness (QED) is 0.796. The van der Waals surface area contributed by atoms with Gasteiger partial charge in [-0.1, -0.05) is 36.4 Å². The Hall–Kier alpha value is -1.53. The molecule has 1 N–H and O–H groups in total. The largest absolute Gasteiger partial charge is 0.380 e. The summed E-state index contributed by atoms with van der Waals surface area (Å²) in [6, 6.07) is 14.5. The van der Waals surface area contributed by atoms with E-state index in [1.165, 1.54) is 0 Å². The lowest BCUT2D eigenvalue weighted by molar-refractivity contribution is 0.588. The van der Waals surface area contributed by atoms with Gasteiger partial charge >= 0.3 is 0 Å². The lowest BCUT2D eigenvalue weighted by Gasteiger charge is -2.27. The van der Waals surface area contributed by atoms with Crippen LogP contribution in [0.1, 0.15) is 26.3 Å². The van der Waals surface area contributed by atoms with E-state index in [-0.39, 0.29) is 5.54 Å². The third-order valence-corrected chi connectivity index (χ3v) is 5.22. The van der Waals surface area contributed by atoms with Crippen LogP contribution in [0.2, 0.25) is 0 Å². The van der Waals surface area contributed by atoms with Gasteiger partial charge < -0.3 is 9.88 Å². The Morgan fingerprint density at radius 3 is 2.05 bits per heavy atom. The molecule has 0 aliphatic carbocycles. The number of hydrogen-bond acceptors (Lipinski definition) is 2. The highest BCUT2D eigenvalue weighted by molar-refractivity contribution is 7.70. The highest BCUT2D eigenvalue weighted by Gasteiger charge is 2.23. The van der Waals surface area contributed by atoms with E-state index in [0.29, 0.717) is 0 Å². The molecule has 3 heteroatoms. The Morgan fingerprint density at radius 2 is 1.55 bits per heavy atom. The summed E-state index contributed by atoms with van der Waals surface area (Å²) in [5.41, 5.74) is 4.34. The van der Waals surface area contributed by atoms with Gasteiger partial charge in [0.1, 0.15) is 7.14 Å². The van der Waals surface area contributed by atoms with E-state index < -0.39 is 7.14 Å². The summed E-state index contributed by atoms with van der Waals surface area (Å²) >= 11 is 0. The van der Waals surface area contributed by atoms with Crippen molar-refractivity contribution in [3.05, 3.63) is 48.0 Å². The summed E-state index contributed by atoms with van der Waals surface area (Å²) in [4.78, 5) is 0. The van der Waals surface area contributed by atoms with Gasteiger partial charge in [-0.2, -0.15) is 0 Å². The fourth-order valence-corrected chi connectivity index (χ4v) is 4.47. The van der Waals surface area contributed by atoms with Gasteiger partial charge in [0.2, 0.25) is 0 Å². The van der Waals surface area contributed by atoms with E-state index in [2.05, 4.69) is 57.3 Å². The van der Waals surface area contributed by atoms with Crippen molar-refractivity contribution in [1.82, 2.24) is 0 Å². The van der Waals surface area contributed by atoms with Gasteiger partial charge in [0.15, 0.2) is 0 Å². The molecule has 0 spiro atoms. The first-order chi connectivity index (χ1) is 10.1. The molecule has 0 aliphatic heterocycles. The maximum atomic E-state index is 12.9. The zero-order valence-corrected chi connectivity index (χ0v) is 15.3. The predicted molar refractivity (Wildman–Crippen MR) is 99.1 cm³/mol. The molecule has 0 aliphatic rings. The van der Waals surface area contributed by atoms with Crippen molar-refractivity contribution >= 4 is 18.1 Å². The molecule has 2 aromatic carbocycles. The molecule has 0 amide bonds. The van der Waals surface area contributed by atoms with E-state index in [4.69, 9.17) is 0 Å². The molecule has 0 aromatic heterocycles. The number of hydrogen-bond donors (Lipinski definition) is 1. The van der Waals surface area contributed by atoms with Crippen LogP contribution >= 0.6 is 7.14 Å². The van der Waals surface area contributed by atoms with E-state index in [9.17, 15) is 4.57 Å². The maximum absolute atomic E-state index is 12.9. The van der Waals surface area contributed by atoms with Crippen LogP contribution in [0.25, 0.3) is 11.1 Å². The summed E-state index contributed by atoms with van der Waals surface area (Å²) in [6.07, 6.45) is 0. The Labute approximate surface area is 134 Å². The number of benzene rings is 2. The zero-order valence-electron chi connectivity index (χ0n) is 14.4. The van der Waals surface area contributed by atoms with Crippen molar-refractivity contribution in [2.24, 2.45) is 0 Å². The SMILES string of the molecule is Cc1c(-c2ccccc2)ccc(NC(C)(C)C)c1P(C)(C)=O. The van der Waals surface area contributed by atoms with Crippen molar-refractivity contribution in [2.75, 3.05) is 18.6 Å². The van der Waals surface area contributed by atoms with Crippen molar-refractivity contribution in [1.29, 1.82) is 0 Å². The van der Waals surface area contributed by atoms with Crippen LogP contribution in [0, 0.1) is 6.92 Å². The first-order valence-corrected chi connectivity index (χ1v) is 10.2. The minimum Gasteiger partial charge on any atom is -0.380 e. The highest BCUT2D eigenvalue weighted by Crippen LogP contribution is 2.42. The monoisotopic (exact) mass is 315 g/mol. The summed E-state index contributed by atoms with van der Waals surface area (Å²) in [5, 5.41) is 4.47. The van der Waals surface area contributed by atoms with Gasteiger partial charge in [-0.3, -0.25) is 0 Å². The number of rotatable bonds is 3. The Morgan fingerprint density at radius 1 is 0.955 bits per heavy atom.